The summed E-state index contributed by atoms with van der Waals surface area (Å²) in [4.78, 5) is 30.4. The Morgan fingerprint density at radius 3 is 2.67 bits per heavy atom. The number of phenols is 1. The number of nitrogens with one attached hydrogen (secondary N) is 1. The van der Waals surface area contributed by atoms with Crippen LogP contribution in [0.25, 0.3) is 5.69 Å². The molecule has 0 radical (unpaired) electrons. The lowest BCUT2D eigenvalue weighted by Gasteiger charge is -2.21. The lowest BCUT2D eigenvalue weighted by molar-refractivity contribution is -0.127. The third-order valence-electron chi connectivity index (χ3n) is 6.26. The van der Waals surface area contributed by atoms with Crippen LogP contribution in [0, 0.1) is 5.41 Å². The number of ketones is 1. The predicted octanol–water partition coefficient (Wildman–Crippen LogP) is 3.73. The Morgan fingerprint density at radius 1 is 1.13 bits per heavy atom. The van der Waals surface area contributed by atoms with E-state index in [4.69, 9.17) is 0 Å². The van der Waals surface area contributed by atoms with E-state index in [1.165, 1.54) is 17.7 Å². The highest BCUT2D eigenvalue weighted by molar-refractivity contribution is 6.00. The van der Waals surface area contributed by atoms with E-state index >= 15 is 0 Å². The topological polar surface area (TPSA) is 84.2 Å². The van der Waals surface area contributed by atoms with Crippen molar-refractivity contribution in [2.45, 2.75) is 38.1 Å². The number of rotatable bonds is 5. The van der Waals surface area contributed by atoms with Crippen LogP contribution in [0.1, 0.15) is 53.5 Å². The molecule has 1 fully saturated rings. The van der Waals surface area contributed by atoms with Gasteiger partial charge in [-0.05, 0) is 61.6 Å². The zero-order valence-corrected chi connectivity index (χ0v) is 16.5. The highest BCUT2D eigenvalue weighted by atomic mass is 16.3. The molecule has 6 nitrogen and oxygen atoms in total. The molecule has 0 unspecified atom stereocenters. The minimum atomic E-state index is -0.633. The van der Waals surface area contributed by atoms with Crippen LogP contribution in [0.15, 0.2) is 60.9 Å². The maximum Gasteiger partial charge on any atom is 0.227 e. The molecule has 30 heavy (non-hydrogen) atoms. The molecule has 1 amide bonds. The Labute approximate surface area is 174 Å². The molecule has 3 aromatic rings. The van der Waals surface area contributed by atoms with Gasteiger partial charge in [0, 0.05) is 30.1 Å². The van der Waals surface area contributed by atoms with Gasteiger partial charge in [-0.3, -0.25) is 9.59 Å². The van der Waals surface area contributed by atoms with Crippen LogP contribution in [0.4, 0.5) is 0 Å². The first-order valence-corrected chi connectivity index (χ1v) is 10.3. The number of nitrogens with zero attached hydrogens (tertiary/aromatic N) is 2. The summed E-state index contributed by atoms with van der Waals surface area (Å²) in [7, 11) is 0. The van der Waals surface area contributed by atoms with Crippen LogP contribution in [0.2, 0.25) is 0 Å². The number of carbonyl (C=O) groups is 2. The lowest BCUT2D eigenvalue weighted by Crippen LogP contribution is -2.37. The molecule has 0 spiro atoms. The summed E-state index contributed by atoms with van der Waals surface area (Å²) in [5, 5.41) is 12.6. The van der Waals surface area contributed by atoms with Crippen LogP contribution >= 0.6 is 0 Å². The second-order valence-corrected chi connectivity index (χ2v) is 8.28. The van der Waals surface area contributed by atoms with Crippen molar-refractivity contribution in [1.82, 2.24) is 14.9 Å². The number of aryl methyl sites for hydroxylation is 1. The van der Waals surface area contributed by atoms with E-state index in [0.29, 0.717) is 18.4 Å². The minimum Gasteiger partial charge on any atom is -0.508 e. The Balaban J connectivity index is 1.33. The number of aromatic nitrogens is 2. The molecular weight excluding hydrogens is 378 g/mol. The number of para-hydroxylation sites is 1. The van der Waals surface area contributed by atoms with Gasteiger partial charge in [-0.1, -0.05) is 18.2 Å². The number of hydrogen-bond acceptors (Lipinski definition) is 4. The van der Waals surface area contributed by atoms with Gasteiger partial charge in [-0.2, -0.15) is 0 Å². The average molecular weight is 401 g/mol. The van der Waals surface area contributed by atoms with E-state index in [2.05, 4.69) is 27.0 Å². The molecule has 1 aliphatic carbocycles. The van der Waals surface area contributed by atoms with E-state index in [0.717, 1.165) is 24.4 Å². The number of hydrogen-bond donors (Lipinski definition) is 2. The molecule has 2 heterocycles. The minimum absolute atomic E-state index is 0.0693. The van der Waals surface area contributed by atoms with Crippen LogP contribution in [-0.4, -0.2) is 26.3 Å². The zero-order chi connectivity index (χ0) is 20.7. The number of aromatic hydroxyl groups is 1. The SMILES string of the molecule is O=C(CC1(C(=O)N[C@@H]2CCc3ccccc3-n3ccnc32)CC1)c1ccc(O)cc1. The molecule has 2 N–H and O–H groups in total. The molecule has 152 valence electrons. The third kappa shape index (κ3) is 3.28. The number of imidazole rings is 1. The van der Waals surface area contributed by atoms with Crippen molar-refractivity contribution in [2.75, 3.05) is 0 Å². The summed E-state index contributed by atoms with van der Waals surface area (Å²) in [6.07, 6.45) is 6.92. The summed E-state index contributed by atoms with van der Waals surface area (Å²) in [6.45, 7) is 0. The van der Waals surface area contributed by atoms with E-state index in [1.54, 1.807) is 18.3 Å². The van der Waals surface area contributed by atoms with E-state index < -0.39 is 5.41 Å². The summed E-state index contributed by atoms with van der Waals surface area (Å²) in [5.74, 6) is 0.807. The van der Waals surface area contributed by atoms with Gasteiger partial charge in [0.05, 0.1) is 11.5 Å². The maximum atomic E-state index is 13.2. The molecule has 6 heteroatoms. The van der Waals surface area contributed by atoms with Crippen molar-refractivity contribution in [3.63, 3.8) is 0 Å². The van der Waals surface area contributed by atoms with E-state index in [-0.39, 0.29) is 29.9 Å². The van der Waals surface area contributed by atoms with Crippen LogP contribution in [0.5, 0.6) is 5.75 Å². The second kappa shape index (κ2) is 7.13. The summed E-state index contributed by atoms with van der Waals surface area (Å²) < 4.78 is 2.05. The molecule has 2 aliphatic rings. The van der Waals surface area contributed by atoms with Gasteiger partial charge in [0.1, 0.15) is 11.6 Å². The van der Waals surface area contributed by atoms with Crippen LogP contribution in [0.3, 0.4) is 0 Å². The van der Waals surface area contributed by atoms with Crippen molar-refractivity contribution < 1.29 is 14.7 Å². The van der Waals surface area contributed by atoms with Crippen molar-refractivity contribution >= 4 is 11.7 Å². The maximum absolute atomic E-state index is 13.2. The second-order valence-electron chi connectivity index (χ2n) is 8.28. The number of amides is 1. The summed E-state index contributed by atoms with van der Waals surface area (Å²) >= 11 is 0. The van der Waals surface area contributed by atoms with Gasteiger partial charge in [-0.25, -0.2) is 4.98 Å². The quantitative estimate of drug-likeness (QED) is 0.638. The van der Waals surface area contributed by atoms with Gasteiger partial charge in [0.25, 0.3) is 0 Å². The first-order valence-electron chi connectivity index (χ1n) is 10.3. The number of benzene rings is 2. The largest absolute Gasteiger partial charge is 0.508 e. The standard InChI is InChI=1S/C24H23N3O3/c28-18-8-5-17(6-9-18)21(29)15-24(11-12-24)23(30)26-19-10-7-16-3-1-2-4-20(16)27-14-13-25-22(19)27/h1-6,8-9,13-14,19,28H,7,10-12,15H2,(H,26,30)/t19-/m1/s1. The highest BCUT2D eigenvalue weighted by Crippen LogP contribution is 2.50. The fourth-order valence-corrected chi connectivity index (χ4v) is 4.30. The molecule has 1 aliphatic heterocycles. The lowest BCUT2D eigenvalue weighted by atomic mass is 9.94. The molecule has 5 rings (SSSR count). The van der Waals surface area contributed by atoms with E-state index in [9.17, 15) is 14.7 Å². The van der Waals surface area contributed by atoms with Crippen molar-refractivity contribution in [3.05, 3.63) is 77.9 Å². The first kappa shape index (κ1) is 18.6. The van der Waals surface area contributed by atoms with Crippen molar-refractivity contribution in [2.24, 2.45) is 5.41 Å². The number of phenolic OH excluding ortho intramolecular Hbond substituents is 1. The van der Waals surface area contributed by atoms with Gasteiger partial charge < -0.3 is 15.0 Å². The average Bonchev–Trinajstić information content (AvgIpc) is 3.41. The summed E-state index contributed by atoms with van der Waals surface area (Å²) in [6, 6.07) is 14.2. The van der Waals surface area contributed by atoms with Crippen molar-refractivity contribution in [1.29, 1.82) is 0 Å². The van der Waals surface area contributed by atoms with E-state index in [1.807, 2.05) is 18.3 Å². The molecule has 0 saturated heterocycles. The normalized spacial score (nSPS) is 18.6. The molecule has 1 aromatic heterocycles. The van der Waals surface area contributed by atoms with Crippen molar-refractivity contribution in [3.8, 4) is 11.4 Å². The molecular formula is C24H23N3O3. The van der Waals surface area contributed by atoms with Gasteiger partial charge >= 0.3 is 0 Å². The Kier molecular flexibility index (Phi) is 4.42. The molecule has 1 saturated carbocycles. The Morgan fingerprint density at radius 2 is 1.90 bits per heavy atom. The van der Waals surface area contributed by atoms with Gasteiger partial charge in [-0.15, -0.1) is 0 Å². The first-order chi connectivity index (χ1) is 14.6. The third-order valence-corrected chi connectivity index (χ3v) is 6.26. The summed E-state index contributed by atoms with van der Waals surface area (Å²) in [5.41, 5.74) is 2.22. The Hall–Kier alpha value is -3.41. The molecule has 0 bridgehead atoms. The monoisotopic (exact) mass is 401 g/mol. The Bertz CT molecular complexity index is 1110. The molecule has 1 atom stereocenters. The smallest absolute Gasteiger partial charge is 0.227 e. The number of carbonyl (C=O) groups excluding carboxylic acids is 2. The van der Waals surface area contributed by atoms with Crippen LogP contribution in [-0.2, 0) is 11.2 Å². The highest BCUT2D eigenvalue weighted by Gasteiger charge is 2.51. The molecule has 2 aromatic carbocycles. The van der Waals surface area contributed by atoms with Gasteiger partial charge in [0.2, 0.25) is 5.91 Å². The fraction of sp³-hybridized carbons (Fsp3) is 0.292. The zero-order valence-electron chi connectivity index (χ0n) is 16.5. The fourth-order valence-electron chi connectivity index (χ4n) is 4.30. The predicted molar refractivity (Wildman–Crippen MR) is 111 cm³/mol. The number of fused-ring (bicyclic) bond motifs is 3. The van der Waals surface area contributed by atoms with Crippen LogP contribution < -0.4 is 5.32 Å². The van der Waals surface area contributed by atoms with Gasteiger partial charge in [0.15, 0.2) is 5.78 Å². The number of Topliss-reactive ketones (excluding diaryl/α,β-unsaturated/α-hetero) is 1.